The third-order valence-electron chi connectivity index (χ3n) is 4.32. The van der Waals surface area contributed by atoms with Gasteiger partial charge in [-0.15, -0.1) is 0 Å². The minimum Gasteiger partial charge on any atom is -0.488 e. The van der Waals surface area contributed by atoms with Crippen molar-refractivity contribution in [2.75, 3.05) is 5.32 Å². The highest BCUT2D eigenvalue weighted by molar-refractivity contribution is 9.10. The largest absolute Gasteiger partial charge is 0.488 e. The van der Waals surface area contributed by atoms with Crippen molar-refractivity contribution in [3.8, 4) is 5.75 Å². The maximum atomic E-state index is 12.1. The molecular formula is C23H18BrCl2N3O3. The highest BCUT2D eigenvalue weighted by atomic mass is 79.9. The first kappa shape index (κ1) is 23.8. The van der Waals surface area contributed by atoms with Crippen LogP contribution in [0.2, 0.25) is 10.0 Å². The zero-order chi connectivity index (χ0) is 23.1. The summed E-state index contributed by atoms with van der Waals surface area (Å²) >= 11 is 15.6. The van der Waals surface area contributed by atoms with E-state index >= 15 is 0 Å². The molecule has 3 rings (SSSR count). The Hall–Kier alpha value is -2.87. The van der Waals surface area contributed by atoms with Gasteiger partial charge in [-0.05, 0) is 48.9 Å². The lowest BCUT2D eigenvalue weighted by Crippen LogP contribution is -2.32. The van der Waals surface area contributed by atoms with Crippen LogP contribution in [0, 0.1) is 6.92 Å². The number of anilines is 1. The molecule has 0 atom stereocenters. The smallest absolute Gasteiger partial charge is 0.329 e. The topological polar surface area (TPSA) is 79.8 Å². The van der Waals surface area contributed by atoms with E-state index in [0.717, 1.165) is 15.6 Å². The predicted octanol–water partition coefficient (Wildman–Crippen LogP) is 5.73. The van der Waals surface area contributed by atoms with Gasteiger partial charge in [0.15, 0.2) is 0 Å². The second kappa shape index (κ2) is 11.1. The molecule has 0 heterocycles. The Morgan fingerprint density at radius 1 is 1.03 bits per heavy atom. The Morgan fingerprint density at radius 3 is 2.56 bits per heavy atom. The van der Waals surface area contributed by atoms with Gasteiger partial charge in [-0.25, -0.2) is 5.43 Å². The first-order valence-electron chi connectivity index (χ1n) is 9.40. The summed E-state index contributed by atoms with van der Waals surface area (Å²) in [5.74, 6) is -1.26. The summed E-state index contributed by atoms with van der Waals surface area (Å²) in [7, 11) is 0. The summed E-state index contributed by atoms with van der Waals surface area (Å²) < 4.78 is 6.66. The number of benzene rings is 3. The van der Waals surface area contributed by atoms with Crippen molar-refractivity contribution in [1.29, 1.82) is 0 Å². The van der Waals surface area contributed by atoms with Gasteiger partial charge in [0.1, 0.15) is 12.4 Å². The van der Waals surface area contributed by atoms with Crippen molar-refractivity contribution in [2.45, 2.75) is 13.5 Å². The van der Waals surface area contributed by atoms with E-state index < -0.39 is 11.8 Å². The van der Waals surface area contributed by atoms with Crippen LogP contribution in [-0.4, -0.2) is 18.0 Å². The van der Waals surface area contributed by atoms with Gasteiger partial charge in [-0.2, -0.15) is 5.10 Å². The number of ether oxygens (including phenoxy) is 1. The van der Waals surface area contributed by atoms with Gasteiger partial charge in [0.2, 0.25) is 0 Å². The second-order valence-corrected chi connectivity index (χ2v) is 8.41. The van der Waals surface area contributed by atoms with Crippen LogP contribution in [0.15, 0.2) is 70.2 Å². The van der Waals surface area contributed by atoms with Crippen LogP contribution in [-0.2, 0) is 16.2 Å². The summed E-state index contributed by atoms with van der Waals surface area (Å²) in [6.45, 7) is 2.10. The minimum atomic E-state index is -0.925. The molecule has 0 bridgehead atoms. The lowest BCUT2D eigenvalue weighted by atomic mass is 10.2. The molecule has 0 aliphatic rings. The van der Waals surface area contributed by atoms with Crippen LogP contribution < -0.4 is 15.5 Å². The van der Waals surface area contributed by atoms with Crippen LogP contribution in [0.5, 0.6) is 5.75 Å². The highest BCUT2D eigenvalue weighted by Crippen LogP contribution is 2.24. The van der Waals surface area contributed by atoms with Gasteiger partial charge in [-0.3, -0.25) is 9.59 Å². The summed E-state index contributed by atoms with van der Waals surface area (Å²) in [4.78, 5) is 24.1. The van der Waals surface area contributed by atoms with Crippen molar-refractivity contribution < 1.29 is 14.3 Å². The molecule has 6 nitrogen and oxygen atoms in total. The summed E-state index contributed by atoms with van der Waals surface area (Å²) in [5.41, 5.74) is 4.90. The predicted molar refractivity (Wildman–Crippen MR) is 130 cm³/mol. The Morgan fingerprint density at radius 2 is 1.81 bits per heavy atom. The maximum Gasteiger partial charge on any atom is 0.329 e. The van der Waals surface area contributed by atoms with E-state index in [0.29, 0.717) is 27.0 Å². The lowest BCUT2D eigenvalue weighted by Gasteiger charge is -2.10. The van der Waals surface area contributed by atoms with E-state index in [9.17, 15) is 9.59 Å². The number of carbonyl (C=O) groups excluding carboxylic acids is 2. The molecule has 9 heteroatoms. The molecule has 0 fully saturated rings. The molecule has 0 aliphatic carbocycles. The number of amides is 2. The maximum absolute atomic E-state index is 12.1. The summed E-state index contributed by atoms with van der Waals surface area (Å²) in [6, 6.07) is 17.7. The normalized spacial score (nSPS) is 10.8. The average Bonchev–Trinajstić information content (AvgIpc) is 2.76. The van der Waals surface area contributed by atoms with Gasteiger partial charge in [0, 0.05) is 31.3 Å². The Labute approximate surface area is 203 Å². The van der Waals surface area contributed by atoms with E-state index in [1.165, 1.54) is 6.21 Å². The molecule has 164 valence electrons. The Bertz CT molecular complexity index is 1180. The third-order valence-corrected chi connectivity index (χ3v) is 5.59. The SMILES string of the molecule is Cc1ccc(NC(=O)C(=O)N/N=C\c2cc(Br)ccc2OCc2ccccc2Cl)cc1Cl. The second-order valence-electron chi connectivity index (χ2n) is 6.68. The van der Waals surface area contributed by atoms with Crippen molar-refractivity contribution in [3.05, 3.63) is 91.9 Å². The van der Waals surface area contributed by atoms with Crippen molar-refractivity contribution in [3.63, 3.8) is 0 Å². The molecule has 0 aromatic heterocycles. The Kier molecular flexibility index (Phi) is 8.27. The van der Waals surface area contributed by atoms with E-state index in [4.69, 9.17) is 27.9 Å². The highest BCUT2D eigenvalue weighted by Gasteiger charge is 2.13. The minimum absolute atomic E-state index is 0.260. The molecule has 0 saturated heterocycles. The fraction of sp³-hybridized carbons (Fsp3) is 0.0870. The average molecular weight is 535 g/mol. The van der Waals surface area contributed by atoms with Crippen LogP contribution >= 0.6 is 39.1 Å². The van der Waals surface area contributed by atoms with Gasteiger partial charge in [0.05, 0.1) is 6.21 Å². The summed E-state index contributed by atoms with van der Waals surface area (Å²) in [6.07, 6.45) is 1.39. The molecule has 2 N–H and O–H groups in total. The van der Waals surface area contributed by atoms with E-state index in [1.54, 1.807) is 36.4 Å². The molecule has 0 aliphatic heterocycles. The van der Waals surface area contributed by atoms with Crippen LogP contribution in [0.3, 0.4) is 0 Å². The van der Waals surface area contributed by atoms with E-state index in [-0.39, 0.29) is 6.61 Å². The van der Waals surface area contributed by atoms with Gasteiger partial charge in [-0.1, -0.05) is 63.4 Å². The number of nitrogens with zero attached hydrogens (tertiary/aromatic N) is 1. The number of rotatable bonds is 6. The van der Waals surface area contributed by atoms with Crippen LogP contribution in [0.1, 0.15) is 16.7 Å². The molecule has 2 amide bonds. The molecule has 0 radical (unpaired) electrons. The van der Waals surface area contributed by atoms with E-state index in [1.807, 2.05) is 31.2 Å². The molecule has 0 spiro atoms. The van der Waals surface area contributed by atoms with Gasteiger partial charge < -0.3 is 10.1 Å². The third kappa shape index (κ3) is 6.56. The molecule has 3 aromatic rings. The first-order chi connectivity index (χ1) is 15.3. The van der Waals surface area contributed by atoms with Crippen molar-refractivity contribution >= 4 is 62.8 Å². The number of hydrazone groups is 1. The van der Waals surface area contributed by atoms with Crippen LogP contribution in [0.4, 0.5) is 5.69 Å². The lowest BCUT2D eigenvalue weighted by molar-refractivity contribution is -0.136. The number of nitrogens with one attached hydrogen (secondary N) is 2. The molecule has 32 heavy (non-hydrogen) atoms. The number of halogens is 3. The zero-order valence-corrected chi connectivity index (χ0v) is 20.0. The van der Waals surface area contributed by atoms with Crippen molar-refractivity contribution in [1.82, 2.24) is 5.43 Å². The quantitative estimate of drug-likeness (QED) is 0.241. The fourth-order valence-corrected chi connectivity index (χ4v) is 3.34. The number of hydrogen-bond donors (Lipinski definition) is 2. The van der Waals surface area contributed by atoms with Crippen molar-refractivity contribution in [2.24, 2.45) is 5.10 Å². The molecule has 0 unspecified atom stereocenters. The first-order valence-corrected chi connectivity index (χ1v) is 10.9. The number of carbonyl (C=O) groups is 2. The monoisotopic (exact) mass is 533 g/mol. The van der Waals surface area contributed by atoms with E-state index in [2.05, 4.69) is 31.8 Å². The molecular weight excluding hydrogens is 517 g/mol. The van der Waals surface area contributed by atoms with Gasteiger partial charge >= 0.3 is 11.8 Å². The zero-order valence-electron chi connectivity index (χ0n) is 16.9. The number of aryl methyl sites for hydroxylation is 1. The number of hydrogen-bond acceptors (Lipinski definition) is 4. The summed E-state index contributed by atoms with van der Waals surface area (Å²) in [5, 5.41) is 7.43. The molecule has 0 saturated carbocycles. The van der Waals surface area contributed by atoms with Gasteiger partial charge in [0.25, 0.3) is 0 Å². The fourth-order valence-electron chi connectivity index (χ4n) is 2.59. The van der Waals surface area contributed by atoms with Crippen LogP contribution in [0.25, 0.3) is 0 Å². The molecule has 3 aromatic carbocycles. The Balaban J connectivity index is 1.63. The standard InChI is InChI=1S/C23H18BrCl2N3O3/c1-14-6-8-18(11-20(14)26)28-22(30)23(31)29-27-12-16-10-17(24)7-9-21(16)32-13-15-4-2-3-5-19(15)25/h2-12H,13H2,1H3,(H,28,30)(H,29,31)/b27-12-.